The molecule has 31 heavy (non-hydrogen) atoms. The summed E-state index contributed by atoms with van der Waals surface area (Å²) in [5.41, 5.74) is 2.26. The van der Waals surface area contributed by atoms with Crippen molar-refractivity contribution in [3.8, 4) is 0 Å². The lowest BCUT2D eigenvalue weighted by molar-refractivity contribution is -0.130. The molecule has 1 aliphatic rings. The summed E-state index contributed by atoms with van der Waals surface area (Å²) in [5.74, 6) is -1.48. The van der Waals surface area contributed by atoms with E-state index in [4.69, 9.17) is 11.6 Å². The van der Waals surface area contributed by atoms with Crippen LogP contribution in [0.4, 0.5) is 0 Å². The number of rotatable bonds is 5. The summed E-state index contributed by atoms with van der Waals surface area (Å²) in [6.45, 7) is 1.99. The van der Waals surface area contributed by atoms with Gasteiger partial charge in [0, 0.05) is 11.6 Å². The topological polar surface area (TPSA) is 74.7 Å². The summed E-state index contributed by atoms with van der Waals surface area (Å²) < 4.78 is 27.1. The summed E-state index contributed by atoms with van der Waals surface area (Å²) in [7, 11) is -4.14. The number of benzene rings is 3. The number of hydrogen-bond donors (Lipinski definition) is 1. The highest BCUT2D eigenvalue weighted by Gasteiger charge is 2.46. The van der Waals surface area contributed by atoms with Gasteiger partial charge in [0.05, 0.1) is 10.9 Å². The molecule has 0 aliphatic carbocycles. The molecule has 3 aromatic rings. The fraction of sp³-hybridized carbons (Fsp3) is 0.125. The van der Waals surface area contributed by atoms with Gasteiger partial charge in [-0.15, -0.1) is 0 Å². The van der Waals surface area contributed by atoms with Crippen molar-refractivity contribution < 1.29 is 18.3 Å². The Morgan fingerprint density at radius 2 is 1.55 bits per heavy atom. The number of carbonyl (C=O) groups excluding carboxylic acids is 1. The molecule has 3 aromatic carbocycles. The van der Waals surface area contributed by atoms with E-state index in [0.717, 1.165) is 11.1 Å². The van der Waals surface area contributed by atoms with Crippen LogP contribution in [-0.4, -0.2) is 24.3 Å². The van der Waals surface area contributed by atoms with Crippen LogP contribution in [0, 0.1) is 6.92 Å². The fourth-order valence-electron chi connectivity index (χ4n) is 3.67. The first-order chi connectivity index (χ1) is 14.8. The molecule has 0 radical (unpaired) electrons. The van der Waals surface area contributed by atoms with E-state index < -0.39 is 27.5 Å². The summed E-state index contributed by atoms with van der Waals surface area (Å²) in [5, 5.41) is 11.2. The average molecular weight is 454 g/mol. The van der Waals surface area contributed by atoms with E-state index in [1.807, 2.05) is 37.3 Å². The summed E-state index contributed by atoms with van der Waals surface area (Å²) in [6.07, 6.45) is 0. The van der Waals surface area contributed by atoms with E-state index in [9.17, 15) is 18.3 Å². The maximum Gasteiger partial charge on any atom is 0.290 e. The molecule has 1 aliphatic heterocycles. The maximum absolute atomic E-state index is 13.5. The van der Waals surface area contributed by atoms with Gasteiger partial charge in [0.2, 0.25) is 9.84 Å². The van der Waals surface area contributed by atoms with Gasteiger partial charge in [-0.05, 0) is 42.3 Å². The number of amides is 1. The van der Waals surface area contributed by atoms with Gasteiger partial charge in [0.1, 0.15) is 4.91 Å². The lowest BCUT2D eigenvalue weighted by Crippen LogP contribution is -2.30. The number of aryl methyl sites for hydroxylation is 1. The smallest absolute Gasteiger partial charge is 0.290 e. The molecule has 158 valence electrons. The molecule has 0 fully saturated rings. The van der Waals surface area contributed by atoms with E-state index in [2.05, 4.69) is 0 Å². The maximum atomic E-state index is 13.5. The van der Waals surface area contributed by atoms with Gasteiger partial charge in [0.25, 0.3) is 5.91 Å². The predicted octanol–water partition coefficient (Wildman–Crippen LogP) is 4.98. The molecule has 4 rings (SSSR count). The fourth-order valence-corrected chi connectivity index (χ4v) is 5.44. The highest BCUT2D eigenvalue weighted by molar-refractivity contribution is 7.95. The van der Waals surface area contributed by atoms with Crippen LogP contribution in [0.5, 0.6) is 0 Å². The Morgan fingerprint density at radius 1 is 0.935 bits per heavy atom. The molecule has 1 amide bonds. The first-order valence-corrected chi connectivity index (χ1v) is 11.5. The number of aliphatic hydroxyl groups is 1. The minimum Gasteiger partial charge on any atom is -0.502 e. The van der Waals surface area contributed by atoms with Gasteiger partial charge in [-0.1, -0.05) is 71.8 Å². The number of nitrogens with zero attached hydrogens (tertiary/aromatic N) is 1. The van der Waals surface area contributed by atoms with Crippen LogP contribution in [0.1, 0.15) is 22.7 Å². The zero-order chi connectivity index (χ0) is 22.2. The molecule has 0 saturated carbocycles. The highest BCUT2D eigenvalue weighted by atomic mass is 35.5. The van der Waals surface area contributed by atoms with Crippen LogP contribution in [0.15, 0.2) is 94.4 Å². The number of hydrogen-bond acceptors (Lipinski definition) is 4. The average Bonchev–Trinajstić information content (AvgIpc) is 3.01. The molecule has 7 heteroatoms. The second-order valence-electron chi connectivity index (χ2n) is 7.40. The molecule has 0 saturated heterocycles. The monoisotopic (exact) mass is 453 g/mol. The molecule has 1 unspecified atom stereocenters. The minimum atomic E-state index is -4.14. The Balaban J connectivity index is 1.86. The summed E-state index contributed by atoms with van der Waals surface area (Å²) >= 11 is 6.02. The second-order valence-corrected chi connectivity index (χ2v) is 9.76. The molecule has 5 nitrogen and oxygen atoms in total. The van der Waals surface area contributed by atoms with Crippen LogP contribution in [0.3, 0.4) is 0 Å². The second kappa shape index (κ2) is 8.21. The van der Waals surface area contributed by atoms with Crippen molar-refractivity contribution in [2.75, 3.05) is 0 Å². The van der Waals surface area contributed by atoms with E-state index in [1.54, 1.807) is 36.4 Å². The Kier molecular flexibility index (Phi) is 5.60. The van der Waals surface area contributed by atoms with Gasteiger partial charge >= 0.3 is 0 Å². The van der Waals surface area contributed by atoms with Crippen molar-refractivity contribution in [2.45, 2.75) is 24.4 Å². The number of halogens is 1. The zero-order valence-corrected chi connectivity index (χ0v) is 18.3. The van der Waals surface area contributed by atoms with Crippen LogP contribution in [0.25, 0.3) is 0 Å². The van der Waals surface area contributed by atoms with Gasteiger partial charge in [-0.25, -0.2) is 8.42 Å². The van der Waals surface area contributed by atoms with E-state index in [-0.39, 0.29) is 16.3 Å². The highest BCUT2D eigenvalue weighted by Crippen LogP contribution is 2.43. The van der Waals surface area contributed by atoms with Gasteiger partial charge in [0.15, 0.2) is 5.76 Å². The van der Waals surface area contributed by atoms with E-state index in [1.165, 1.54) is 17.0 Å². The first-order valence-electron chi connectivity index (χ1n) is 9.64. The predicted molar refractivity (Wildman–Crippen MR) is 119 cm³/mol. The van der Waals surface area contributed by atoms with Crippen LogP contribution in [-0.2, 0) is 21.2 Å². The normalized spacial score (nSPS) is 16.8. The number of sulfone groups is 1. The van der Waals surface area contributed by atoms with Crippen molar-refractivity contribution in [3.05, 3.63) is 111 Å². The van der Waals surface area contributed by atoms with Crippen molar-refractivity contribution >= 4 is 27.3 Å². The van der Waals surface area contributed by atoms with Gasteiger partial charge in [-0.2, -0.15) is 0 Å². The van der Waals surface area contributed by atoms with E-state index >= 15 is 0 Å². The van der Waals surface area contributed by atoms with Crippen LogP contribution >= 0.6 is 11.6 Å². The number of carbonyl (C=O) groups is 1. The molecular formula is C24H20ClNO4S. The third-order valence-corrected chi connectivity index (χ3v) is 7.40. The molecule has 0 aromatic heterocycles. The molecule has 1 atom stereocenters. The Labute approximate surface area is 186 Å². The molecule has 0 bridgehead atoms. The molecule has 1 heterocycles. The van der Waals surface area contributed by atoms with Gasteiger partial charge in [-0.3, -0.25) is 4.79 Å². The Hall–Kier alpha value is -3.09. The largest absolute Gasteiger partial charge is 0.502 e. The lowest BCUT2D eigenvalue weighted by Gasteiger charge is -2.27. The third kappa shape index (κ3) is 3.96. The van der Waals surface area contributed by atoms with Crippen molar-refractivity contribution in [1.29, 1.82) is 0 Å². The lowest BCUT2D eigenvalue weighted by atomic mass is 10.1. The minimum absolute atomic E-state index is 0.0213. The van der Waals surface area contributed by atoms with Crippen LogP contribution < -0.4 is 0 Å². The summed E-state index contributed by atoms with van der Waals surface area (Å²) in [6, 6.07) is 21.2. The Bertz CT molecular complexity index is 1250. The molecule has 0 spiro atoms. The van der Waals surface area contributed by atoms with Crippen molar-refractivity contribution in [2.24, 2.45) is 0 Å². The first kappa shape index (κ1) is 21.2. The number of aliphatic hydroxyl groups excluding tert-OH is 1. The third-order valence-electron chi connectivity index (χ3n) is 5.26. The van der Waals surface area contributed by atoms with Gasteiger partial charge < -0.3 is 10.0 Å². The van der Waals surface area contributed by atoms with E-state index in [0.29, 0.717) is 10.6 Å². The Morgan fingerprint density at radius 3 is 2.16 bits per heavy atom. The van der Waals surface area contributed by atoms with Crippen molar-refractivity contribution in [1.82, 2.24) is 4.90 Å². The standard InChI is InChI=1S/C24H20ClNO4S/c1-16-7-13-20(14-8-16)31(29,30)23-21(18-9-11-19(25)12-10-18)26(24(28)22(23)27)15-17-5-3-2-4-6-17/h2-14,21,27H,15H2,1H3. The molecule has 1 N–H and O–H groups in total. The zero-order valence-electron chi connectivity index (χ0n) is 16.7. The SMILES string of the molecule is Cc1ccc(S(=O)(=O)C2=C(O)C(=O)N(Cc3ccccc3)C2c2ccc(Cl)cc2)cc1. The molecular weight excluding hydrogens is 434 g/mol. The quantitative estimate of drug-likeness (QED) is 0.591. The van der Waals surface area contributed by atoms with Crippen molar-refractivity contribution in [3.63, 3.8) is 0 Å². The summed E-state index contributed by atoms with van der Waals surface area (Å²) in [4.78, 5) is 14.1. The van der Waals surface area contributed by atoms with Crippen LogP contribution in [0.2, 0.25) is 5.02 Å².